The Labute approximate surface area is 143 Å². The molecule has 0 bridgehead atoms. The van der Waals surface area contributed by atoms with E-state index < -0.39 is 0 Å². The number of aliphatic imine (C=N–C) groups is 1. The maximum atomic E-state index is 12.6. The summed E-state index contributed by atoms with van der Waals surface area (Å²) < 4.78 is 0. The van der Waals surface area contributed by atoms with Gasteiger partial charge >= 0.3 is 0 Å². The first-order chi connectivity index (χ1) is 11.8. The third-order valence-corrected chi connectivity index (χ3v) is 4.95. The Morgan fingerprint density at radius 2 is 2.12 bits per heavy atom. The molecule has 1 aliphatic heterocycles. The average Bonchev–Trinajstić information content (AvgIpc) is 3.23. The van der Waals surface area contributed by atoms with Gasteiger partial charge in [-0.3, -0.25) is 4.79 Å². The molecule has 1 fully saturated rings. The van der Waals surface area contributed by atoms with E-state index >= 15 is 0 Å². The minimum atomic E-state index is -0.225. The van der Waals surface area contributed by atoms with Crippen molar-refractivity contribution in [2.75, 3.05) is 12.3 Å². The zero-order valence-electron chi connectivity index (χ0n) is 13.0. The Morgan fingerprint density at radius 3 is 3.00 bits per heavy atom. The summed E-state index contributed by atoms with van der Waals surface area (Å²) in [6, 6.07) is 14.0. The highest BCUT2D eigenvalue weighted by molar-refractivity contribution is 8.14. The van der Waals surface area contributed by atoms with Gasteiger partial charge in [-0.1, -0.05) is 42.1 Å². The number of hydrogen-bond donors (Lipinski definition) is 1. The Balaban J connectivity index is 1.58. The molecule has 1 aliphatic rings. The number of nitrogens with one attached hydrogen (secondary N) is 1. The van der Waals surface area contributed by atoms with Gasteiger partial charge in [0.1, 0.15) is 5.65 Å². The highest BCUT2D eigenvalue weighted by atomic mass is 32.2. The van der Waals surface area contributed by atoms with Gasteiger partial charge in [0.2, 0.25) is 0 Å². The smallest absolute Gasteiger partial charge is 0.281 e. The molecule has 0 spiro atoms. The lowest BCUT2D eigenvalue weighted by molar-refractivity contribution is 0.100. The van der Waals surface area contributed by atoms with E-state index in [0.717, 1.165) is 29.4 Å². The molecule has 0 atom stereocenters. The Morgan fingerprint density at radius 1 is 1.25 bits per heavy atom. The standard InChI is InChI=1S/C18H16N4OS/c23-17(15-11-20-16-14(15)7-4-8-19-16)21-18-22(9-10-24-18)12-13-5-2-1-3-6-13/h1-8,11H,9-10,12H2,(H,19,20). The highest BCUT2D eigenvalue weighted by Crippen LogP contribution is 2.23. The molecule has 0 radical (unpaired) electrons. The second kappa shape index (κ2) is 6.49. The lowest BCUT2D eigenvalue weighted by Gasteiger charge is -2.17. The first-order valence-corrected chi connectivity index (χ1v) is 8.76. The van der Waals surface area contributed by atoms with Crippen molar-refractivity contribution in [2.24, 2.45) is 4.99 Å². The normalized spacial score (nSPS) is 16.2. The predicted molar refractivity (Wildman–Crippen MR) is 97.2 cm³/mol. The quantitative estimate of drug-likeness (QED) is 0.797. The number of pyridine rings is 1. The van der Waals surface area contributed by atoms with E-state index in [1.165, 1.54) is 5.56 Å². The number of amides is 1. The van der Waals surface area contributed by atoms with Crippen LogP contribution in [0.2, 0.25) is 0 Å². The summed E-state index contributed by atoms with van der Waals surface area (Å²) >= 11 is 1.63. The molecule has 1 amide bonds. The van der Waals surface area contributed by atoms with Crippen molar-refractivity contribution >= 4 is 33.9 Å². The molecule has 0 unspecified atom stereocenters. The molecule has 3 heterocycles. The summed E-state index contributed by atoms with van der Waals surface area (Å²) in [6.45, 7) is 1.68. The summed E-state index contributed by atoms with van der Waals surface area (Å²) in [7, 11) is 0. The number of thioether (sulfide) groups is 1. The van der Waals surface area contributed by atoms with Gasteiger partial charge in [0.15, 0.2) is 5.17 Å². The number of benzene rings is 1. The molecule has 5 nitrogen and oxygen atoms in total. The van der Waals surface area contributed by atoms with Crippen molar-refractivity contribution in [3.8, 4) is 0 Å². The first kappa shape index (κ1) is 15.0. The van der Waals surface area contributed by atoms with Crippen molar-refractivity contribution in [1.82, 2.24) is 14.9 Å². The van der Waals surface area contributed by atoms with Crippen molar-refractivity contribution in [1.29, 1.82) is 0 Å². The maximum absolute atomic E-state index is 12.6. The van der Waals surface area contributed by atoms with Crippen LogP contribution >= 0.6 is 11.8 Å². The van der Waals surface area contributed by atoms with Crippen LogP contribution in [0.5, 0.6) is 0 Å². The predicted octanol–water partition coefficient (Wildman–Crippen LogP) is 3.31. The maximum Gasteiger partial charge on any atom is 0.281 e. The van der Waals surface area contributed by atoms with Crippen LogP contribution in [0.1, 0.15) is 15.9 Å². The van der Waals surface area contributed by atoms with Crippen LogP contribution in [0.3, 0.4) is 0 Å². The van der Waals surface area contributed by atoms with Crippen LogP contribution in [0.15, 0.2) is 59.9 Å². The third kappa shape index (κ3) is 2.92. The van der Waals surface area contributed by atoms with Gasteiger partial charge < -0.3 is 9.88 Å². The Hall–Kier alpha value is -2.60. The third-order valence-electron chi connectivity index (χ3n) is 3.96. The van der Waals surface area contributed by atoms with E-state index in [0.29, 0.717) is 11.2 Å². The molecule has 1 aromatic carbocycles. The molecule has 1 N–H and O–H groups in total. The van der Waals surface area contributed by atoms with E-state index in [-0.39, 0.29) is 5.91 Å². The number of carbonyl (C=O) groups is 1. The topological polar surface area (TPSA) is 61.4 Å². The number of carbonyl (C=O) groups excluding carboxylic acids is 1. The number of H-pyrrole nitrogens is 1. The summed E-state index contributed by atoms with van der Waals surface area (Å²) in [5, 5.41) is 1.60. The number of aromatic amines is 1. The Bertz CT molecular complexity index is 904. The summed E-state index contributed by atoms with van der Waals surface area (Å²) in [5.41, 5.74) is 2.50. The van der Waals surface area contributed by atoms with E-state index in [9.17, 15) is 4.79 Å². The fourth-order valence-corrected chi connectivity index (χ4v) is 3.75. The lowest BCUT2D eigenvalue weighted by Crippen LogP contribution is -2.24. The van der Waals surface area contributed by atoms with Gasteiger partial charge in [0.05, 0.1) is 5.56 Å². The molecule has 6 heteroatoms. The average molecular weight is 336 g/mol. The van der Waals surface area contributed by atoms with Gasteiger partial charge in [-0.25, -0.2) is 4.98 Å². The van der Waals surface area contributed by atoms with Gasteiger partial charge in [-0.2, -0.15) is 4.99 Å². The zero-order chi connectivity index (χ0) is 16.4. The summed E-state index contributed by atoms with van der Waals surface area (Å²) in [6.07, 6.45) is 3.39. The fourth-order valence-electron chi connectivity index (χ4n) is 2.77. The van der Waals surface area contributed by atoms with Crippen molar-refractivity contribution < 1.29 is 4.79 Å². The van der Waals surface area contributed by atoms with E-state index in [4.69, 9.17) is 0 Å². The number of nitrogens with zero attached hydrogens (tertiary/aromatic N) is 3. The molecule has 4 rings (SSSR count). The van der Waals surface area contributed by atoms with Crippen molar-refractivity contribution in [3.05, 3.63) is 66.0 Å². The minimum Gasteiger partial charge on any atom is -0.346 e. The number of aromatic nitrogens is 2. The van der Waals surface area contributed by atoms with Crippen molar-refractivity contribution in [3.63, 3.8) is 0 Å². The summed E-state index contributed by atoms with van der Waals surface area (Å²) in [5.74, 6) is 0.727. The molecular weight excluding hydrogens is 320 g/mol. The van der Waals surface area contributed by atoms with E-state index in [1.54, 1.807) is 24.2 Å². The van der Waals surface area contributed by atoms with Gasteiger partial charge in [0, 0.05) is 36.6 Å². The van der Waals surface area contributed by atoms with Gasteiger partial charge in [0.25, 0.3) is 5.91 Å². The number of amidine groups is 1. The van der Waals surface area contributed by atoms with E-state index in [1.807, 2.05) is 30.3 Å². The molecule has 120 valence electrons. The lowest BCUT2D eigenvalue weighted by atomic mass is 10.2. The number of rotatable bonds is 3. The van der Waals surface area contributed by atoms with Crippen LogP contribution in [0.4, 0.5) is 0 Å². The minimum absolute atomic E-state index is 0.225. The molecule has 24 heavy (non-hydrogen) atoms. The zero-order valence-corrected chi connectivity index (χ0v) is 13.8. The van der Waals surface area contributed by atoms with Gasteiger partial charge in [-0.05, 0) is 17.7 Å². The van der Waals surface area contributed by atoms with E-state index in [2.05, 4.69) is 32.0 Å². The SMILES string of the molecule is O=C(N=C1SCCN1Cc1ccccc1)c1c[nH]c2ncccc12. The summed E-state index contributed by atoms with van der Waals surface area (Å²) in [4.78, 5) is 26.4. The molecule has 3 aromatic rings. The van der Waals surface area contributed by atoms with Crippen LogP contribution in [-0.4, -0.2) is 38.2 Å². The second-order valence-corrected chi connectivity index (χ2v) is 6.62. The van der Waals surface area contributed by atoms with Crippen LogP contribution < -0.4 is 0 Å². The molecular formula is C18H16N4OS. The molecule has 2 aromatic heterocycles. The fraction of sp³-hybridized carbons (Fsp3) is 0.167. The second-order valence-electron chi connectivity index (χ2n) is 5.56. The van der Waals surface area contributed by atoms with Crippen LogP contribution in [0, 0.1) is 0 Å². The van der Waals surface area contributed by atoms with Crippen LogP contribution in [0.25, 0.3) is 11.0 Å². The van der Waals surface area contributed by atoms with Gasteiger partial charge in [-0.15, -0.1) is 0 Å². The molecule has 0 saturated carbocycles. The largest absolute Gasteiger partial charge is 0.346 e. The van der Waals surface area contributed by atoms with Crippen LogP contribution in [-0.2, 0) is 6.54 Å². The highest BCUT2D eigenvalue weighted by Gasteiger charge is 2.22. The molecule has 1 saturated heterocycles. The molecule has 0 aliphatic carbocycles. The number of hydrogen-bond acceptors (Lipinski definition) is 3. The monoisotopic (exact) mass is 336 g/mol. The van der Waals surface area contributed by atoms with Crippen molar-refractivity contribution in [2.45, 2.75) is 6.54 Å². The first-order valence-electron chi connectivity index (χ1n) is 7.78. The number of fused-ring (bicyclic) bond motifs is 1. The Kier molecular flexibility index (Phi) is 4.04.